The van der Waals surface area contributed by atoms with Gasteiger partial charge in [0.2, 0.25) is 0 Å². The Kier molecular flexibility index (Phi) is 4.64. The highest BCUT2D eigenvalue weighted by Crippen LogP contribution is 2.37. The molecule has 0 unspecified atom stereocenters. The lowest BCUT2D eigenvalue weighted by atomic mass is 9.75. The molecule has 0 aliphatic heterocycles. The van der Waals surface area contributed by atoms with Crippen molar-refractivity contribution in [2.45, 2.75) is 55.4 Å². The molecule has 14 heavy (non-hydrogen) atoms. The molecule has 0 rings (SSSR count). The first-order valence-corrected chi connectivity index (χ1v) is 5.56. The smallest absolute Gasteiger partial charge is 0.00610 e. The summed E-state index contributed by atoms with van der Waals surface area (Å²) in [6.45, 7) is 18.0. The van der Waals surface area contributed by atoms with Crippen molar-refractivity contribution in [1.82, 2.24) is 0 Å². The fourth-order valence-electron chi connectivity index (χ4n) is 1.58. The molecule has 0 amide bonds. The molecule has 0 aromatic heterocycles. The molecular weight excluding hydrogens is 168 g/mol. The van der Waals surface area contributed by atoms with Crippen LogP contribution in [0.3, 0.4) is 0 Å². The van der Waals surface area contributed by atoms with Gasteiger partial charge in [-0.25, -0.2) is 0 Å². The number of allylic oxidation sites excluding steroid dienone is 4. The highest BCUT2D eigenvalue weighted by atomic mass is 14.3. The Bertz CT molecular complexity index is 249. The lowest BCUT2D eigenvalue weighted by Crippen LogP contribution is -2.17. The van der Waals surface area contributed by atoms with E-state index in [0.717, 1.165) is 0 Å². The summed E-state index contributed by atoms with van der Waals surface area (Å²) in [6, 6.07) is 0. The highest BCUT2D eigenvalue weighted by Gasteiger charge is 2.23. The molecule has 0 aliphatic rings. The van der Waals surface area contributed by atoms with E-state index in [-0.39, 0.29) is 5.41 Å². The van der Waals surface area contributed by atoms with Crippen molar-refractivity contribution in [2.24, 2.45) is 11.3 Å². The largest absolute Gasteiger partial charge is 0.0879 e. The maximum atomic E-state index is 2.31. The molecular formula is C14H26. The molecule has 0 N–H and O–H groups in total. The van der Waals surface area contributed by atoms with Crippen molar-refractivity contribution in [3.63, 3.8) is 0 Å². The molecule has 0 nitrogen and oxygen atoms in total. The van der Waals surface area contributed by atoms with Gasteiger partial charge in [0.1, 0.15) is 0 Å². The lowest BCUT2D eigenvalue weighted by molar-refractivity contribution is 0.520. The van der Waals surface area contributed by atoms with Gasteiger partial charge in [0, 0.05) is 5.41 Å². The van der Waals surface area contributed by atoms with Gasteiger partial charge in [-0.05, 0) is 33.6 Å². The topological polar surface area (TPSA) is 0 Å². The van der Waals surface area contributed by atoms with Crippen molar-refractivity contribution in [1.29, 1.82) is 0 Å². The summed E-state index contributed by atoms with van der Waals surface area (Å²) in [5, 5.41) is 0. The Balaban J connectivity index is 5.21. The minimum absolute atomic E-state index is 0.211. The highest BCUT2D eigenvalue weighted by molar-refractivity contribution is 5.28. The average molecular weight is 194 g/mol. The van der Waals surface area contributed by atoms with Crippen LogP contribution in [0.25, 0.3) is 0 Å². The summed E-state index contributed by atoms with van der Waals surface area (Å²) in [5.74, 6) is 0.652. The monoisotopic (exact) mass is 194 g/mol. The molecule has 82 valence electrons. The maximum Gasteiger partial charge on any atom is 0.00610 e. The van der Waals surface area contributed by atoms with E-state index in [0.29, 0.717) is 5.92 Å². The predicted molar refractivity (Wildman–Crippen MR) is 66.4 cm³/mol. The summed E-state index contributed by atoms with van der Waals surface area (Å²) in [4.78, 5) is 0. The Hall–Kier alpha value is -0.520. The molecule has 0 aromatic rings. The quantitative estimate of drug-likeness (QED) is 0.556. The first-order valence-electron chi connectivity index (χ1n) is 5.56. The first-order chi connectivity index (χ1) is 6.25. The third kappa shape index (κ3) is 2.73. The lowest BCUT2D eigenvalue weighted by Gasteiger charge is -2.30. The second-order valence-electron chi connectivity index (χ2n) is 5.06. The van der Waals surface area contributed by atoms with E-state index in [1.54, 1.807) is 0 Å². The van der Waals surface area contributed by atoms with Crippen LogP contribution in [0, 0.1) is 11.3 Å². The summed E-state index contributed by atoms with van der Waals surface area (Å²) >= 11 is 0. The van der Waals surface area contributed by atoms with Gasteiger partial charge in [0.05, 0.1) is 0 Å². The van der Waals surface area contributed by atoms with Crippen LogP contribution in [0.5, 0.6) is 0 Å². The summed E-state index contributed by atoms with van der Waals surface area (Å²) in [7, 11) is 0. The van der Waals surface area contributed by atoms with E-state index < -0.39 is 0 Å². The summed E-state index contributed by atoms with van der Waals surface area (Å²) in [5.41, 5.74) is 4.71. The molecule has 0 heteroatoms. The second-order valence-corrected chi connectivity index (χ2v) is 5.06. The van der Waals surface area contributed by atoms with Crippen LogP contribution in [-0.4, -0.2) is 0 Å². The number of hydrogen-bond acceptors (Lipinski definition) is 0. The van der Waals surface area contributed by atoms with E-state index in [1.165, 1.54) is 16.7 Å². The van der Waals surface area contributed by atoms with Gasteiger partial charge < -0.3 is 0 Å². The van der Waals surface area contributed by atoms with E-state index in [9.17, 15) is 0 Å². The van der Waals surface area contributed by atoms with Crippen LogP contribution >= 0.6 is 0 Å². The Morgan fingerprint density at radius 2 is 1.50 bits per heavy atom. The van der Waals surface area contributed by atoms with Gasteiger partial charge in [0.15, 0.2) is 0 Å². The van der Waals surface area contributed by atoms with Crippen LogP contribution in [0.2, 0.25) is 0 Å². The van der Waals surface area contributed by atoms with Gasteiger partial charge in [0.25, 0.3) is 0 Å². The fraction of sp³-hybridized carbons (Fsp3) is 0.714. The fourth-order valence-corrected chi connectivity index (χ4v) is 1.58. The molecule has 0 heterocycles. The zero-order valence-electron chi connectivity index (χ0n) is 11.2. The van der Waals surface area contributed by atoms with Crippen LogP contribution in [0.15, 0.2) is 22.8 Å². The van der Waals surface area contributed by atoms with E-state index >= 15 is 0 Å². The van der Waals surface area contributed by atoms with E-state index in [1.807, 2.05) is 0 Å². The molecule has 0 bridgehead atoms. The van der Waals surface area contributed by atoms with Crippen molar-refractivity contribution in [3.05, 3.63) is 22.8 Å². The minimum atomic E-state index is 0.211. The van der Waals surface area contributed by atoms with Crippen LogP contribution < -0.4 is 0 Å². The Morgan fingerprint density at radius 1 is 1.07 bits per heavy atom. The standard InChI is InChI=1S/C14H26/c1-9-11(4)14(7,8)13(6)12(5)10(2)3/h9-10H,1-8H3/b11-9-,13-12-. The van der Waals surface area contributed by atoms with Crippen LogP contribution in [-0.2, 0) is 0 Å². The number of rotatable bonds is 3. The van der Waals surface area contributed by atoms with Crippen molar-refractivity contribution >= 4 is 0 Å². The Labute approximate surface area is 90.1 Å². The van der Waals surface area contributed by atoms with E-state index in [2.05, 4.69) is 61.5 Å². The van der Waals surface area contributed by atoms with E-state index in [4.69, 9.17) is 0 Å². The molecule has 0 atom stereocenters. The van der Waals surface area contributed by atoms with Crippen molar-refractivity contribution in [2.75, 3.05) is 0 Å². The summed E-state index contributed by atoms with van der Waals surface area (Å²) in [6.07, 6.45) is 2.22. The average Bonchev–Trinajstić information content (AvgIpc) is 2.13. The van der Waals surface area contributed by atoms with Gasteiger partial charge >= 0.3 is 0 Å². The van der Waals surface area contributed by atoms with Gasteiger partial charge in [-0.1, -0.05) is 50.5 Å². The van der Waals surface area contributed by atoms with Gasteiger partial charge in [-0.15, -0.1) is 0 Å². The normalized spacial score (nSPS) is 15.9. The van der Waals surface area contributed by atoms with Crippen molar-refractivity contribution < 1.29 is 0 Å². The Morgan fingerprint density at radius 3 is 1.79 bits per heavy atom. The molecule has 0 aromatic carbocycles. The predicted octanol–water partition coefficient (Wildman–Crippen LogP) is 4.97. The third-order valence-corrected chi connectivity index (χ3v) is 3.81. The van der Waals surface area contributed by atoms with Crippen LogP contribution in [0.4, 0.5) is 0 Å². The van der Waals surface area contributed by atoms with Crippen LogP contribution in [0.1, 0.15) is 55.4 Å². The van der Waals surface area contributed by atoms with Gasteiger partial charge in [-0.2, -0.15) is 0 Å². The minimum Gasteiger partial charge on any atom is -0.0879 e. The zero-order chi connectivity index (χ0) is 11.5. The molecule has 0 saturated carbocycles. The second kappa shape index (κ2) is 4.82. The molecule has 0 saturated heterocycles. The summed E-state index contributed by atoms with van der Waals surface area (Å²) < 4.78 is 0. The SMILES string of the molecule is C/C=C(/C)C(C)(C)/C(C)=C(/C)C(C)C. The zero-order valence-corrected chi connectivity index (χ0v) is 11.2. The van der Waals surface area contributed by atoms with Gasteiger partial charge in [-0.3, -0.25) is 0 Å². The van der Waals surface area contributed by atoms with Crippen molar-refractivity contribution in [3.8, 4) is 0 Å². The molecule has 0 fully saturated rings. The number of hydrogen-bond donors (Lipinski definition) is 0. The molecule has 0 spiro atoms. The first kappa shape index (κ1) is 13.5. The molecule has 0 aliphatic carbocycles. The maximum absolute atomic E-state index is 2.31. The third-order valence-electron chi connectivity index (χ3n) is 3.81. The molecule has 0 radical (unpaired) electrons.